The molecule has 0 amide bonds. The van der Waals surface area contributed by atoms with Crippen molar-refractivity contribution in [3.05, 3.63) is 45.1 Å². The van der Waals surface area contributed by atoms with Gasteiger partial charge in [-0.1, -0.05) is 32.5 Å². The summed E-state index contributed by atoms with van der Waals surface area (Å²) in [5, 5.41) is 1.22. The molecule has 2 heterocycles. The quantitative estimate of drug-likeness (QED) is 0.237. The topological polar surface area (TPSA) is 70.4 Å². The Bertz CT molecular complexity index is 1240. The molecule has 0 bridgehead atoms. The van der Waals surface area contributed by atoms with Gasteiger partial charge in [0.25, 0.3) is 5.56 Å². The maximum atomic E-state index is 13.9. The van der Waals surface area contributed by atoms with Crippen LogP contribution in [0.2, 0.25) is 0 Å². The van der Waals surface area contributed by atoms with Gasteiger partial charge in [0.2, 0.25) is 0 Å². The second-order valence-corrected chi connectivity index (χ2v) is 11.6. The summed E-state index contributed by atoms with van der Waals surface area (Å²) in [5.41, 5.74) is 2.01. The van der Waals surface area contributed by atoms with Gasteiger partial charge in [0, 0.05) is 4.88 Å². The molecule has 3 aromatic rings. The molecule has 2 aromatic heterocycles. The molecule has 4 rings (SSSR count). The van der Waals surface area contributed by atoms with Crippen LogP contribution in [-0.4, -0.2) is 34.5 Å². The van der Waals surface area contributed by atoms with Gasteiger partial charge in [-0.3, -0.25) is 14.2 Å². The Morgan fingerprint density at radius 3 is 2.59 bits per heavy atom. The number of hydrogen-bond acceptors (Lipinski definition) is 7. The monoisotopic (exact) mass is 500 g/mol. The highest BCUT2D eigenvalue weighted by molar-refractivity contribution is 7.99. The van der Waals surface area contributed by atoms with Crippen LogP contribution < -0.4 is 10.3 Å². The lowest BCUT2D eigenvalue weighted by Gasteiger charge is -2.33. The number of fused-ring (bicyclic) bond motifs is 3. The summed E-state index contributed by atoms with van der Waals surface area (Å²) >= 11 is 2.87. The Kier molecular flexibility index (Phi) is 7.38. The van der Waals surface area contributed by atoms with E-state index < -0.39 is 0 Å². The molecular weight excluding hydrogens is 468 g/mol. The number of carbonyl (C=O) groups is 1. The van der Waals surface area contributed by atoms with E-state index in [4.69, 9.17) is 14.5 Å². The van der Waals surface area contributed by atoms with E-state index in [1.54, 1.807) is 22.8 Å². The zero-order valence-electron chi connectivity index (χ0n) is 20.5. The van der Waals surface area contributed by atoms with Gasteiger partial charge in [0.05, 0.1) is 30.0 Å². The third-order valence-corrected chi connectivity index (χ3v) is 8.37. The van der Waals surface area contributed by atoms with Crippen molar-refractivity contribution in [2.45, 2.75) is 59.0 Å². The Labute approximate surface area is 208 Å². The van der Waals surface area contributed by atoms with Crippen molar-refractivity contribution < 1.29 is 14.3 Å². The fraction of sp³-hybridized carbons (Fsp3) is 0.500. The van der Waals surface area contributed by atoms with Gasteiger partial charge in [-0.2, -0.15) is 0 Å². The third kappa shape index (κ3) is 5.03. The Hall–Kier alpha value is -2.32. The predicted molar refractivity (Wildman–Crippen MR) is 139 cm³/mol. The standard InChI is InChI=1S/C26H32N2O4S2/c1-6-31-18-11-9-17(10-12-18)28-24(30)22-19-13-8-16(26(3,4)5)14-20(19)34-23(22)27-25(28)33-15-21(29)32-7-2/h9-12,16H,6-8,13-15H2,1-5H3. The van der Waals surface area contributed by atoms with Gasteiger partial charge in [-0.25, -0.2) is 4.98 Å². The highest BCUT2D eigenvalue weighted by Gasteiger charge is 2.32. The molecule has 8 heteroatoms. The van der Waals surface area contributed by atoms with E-state index in [1.807, 2.05) is 31.2 Å². The molecule has 182 valence electrons. The molecule has 0 spiro atoms. The van der Waals surface area contributed by atoms with Gasteiger partial charge in [0.1, 0.15) is 10.6 Å². The second-order valence-electron chi connectivity index (χ2n) is 9.55. The zero-order valence-corrected chi connectivity index (χ0v) is 22.1. The van der Waals surface area contributed by atoms with Crippen LogP contribution in [0, 0.1) is 11.3 Å². The number of esters is 1. The van der Waals surface area contributed by atoms with Crippen molar-refractivity contribution in [2.24, 2.45) is 11.3 Å². The fourth-order valence-electron chi connectivity index (χ4n) is 4.45. The number of thiophene rings is 1. The smallest absolute Gasteiger partial charge is 0.316 e. The molecule has 1 aliphatic carbocycles. The molecule has 1 aromatic carbocycles. The van der Waals surface area contributed by atoms with E-state index in [0.29, 0.717) is 30.0 Å². The van der Waals surface area contributed by atoms with Gasteiger partial charge < -0.3 is 9.47 Å². The molecule has 0 saturated carbocycles. The number of thioether (sulfide) groups is 1. The molecule has 0 aliphatic heterocycles. The lowest BCUT2D eigenvalue weighted by molar-refractivity contribution is -0.139. The average Bonchev–Trinajstić information content (AvgIpc) is 3.16. The van der Waals surface area contributed by atoms with Crippen LogP contribution in [0.25, 0.3) is 15.9 Å². The predicted octanol–water partition coefficient (Wildman–Crippen LogP) is 5.65. The van der Waals surface area contributed by atoms with Gasteiger partial charge in [-0.05, 0) is 74.3 Å². The lowest BCUT2D eigenvalue weighted by atomic mass is 9.72. The number of ether oxygens (including phenoxy) is 2. The molecule has 1 aliphatic rings. The van der Waals surface area contributed by atoms with Crippen LogP contribution in [0.1, 0.15) is 51.5 Å². The number of rotatable bonds is 7. The number of carbonyl (C=O) groups excluding carboxylic acids is 1. The average molecular weight is 501 g/mol. The van der Waals surface area contributed by atoms with E-state index in [9.17, 15) is 9.59 Å². The van der Waals surface area contributed by atoms with E-state index in [0.717, 1.165) is 40.8 Å². The Morgan fingerprint density at radius 2 is 1.94 bits per heavy atom. The van der Waals surface area contributed by atoms with Crippen LogP contribution in [0.15, 0.2) is 34.2 Å². The number of hydrogen-bond donors (Lipinski definition) is 0. The van der Waals surface area contributed by atoms with E-state index in [2.05, 4.69) is 20.8 Å². The van der Waals surface area contributed by atoms with Gasteiger partial charge in [-0.15, -0.1) is 11.3 Å². The summed E-state index contributed by atoms with van der Waals surface area (Å²) in [6.45, 7) is 11.5. The van der Waals surface area contributed by atoms with Crippen LogP contribution in [0.5, 0.6) is 5.75 Å². The SMILES string of the molecule is CCOC(=O)CSc1nc2sc3c(c2c(=O)n1-c1ccc(OCC)cc1)CCC(C(C)(C)C)C3. The minimum absolute atomic E-state index is 0.0766. The van der Waals surface area contributed by atoms with Crippen LogP contribution in [-0.2, 0) is 22.4 Å². The van der Waals surface area contributed by atoms with Gasteiger partial charge in [0.15, 0.2) is 5.16 Å². The molecule has 0 N–H and O–H groups in total. The van der Waals surface area contributed by atoms with Crippen LogP contribution in [0.3, 0.4) is 0 Å². The first-order chi connectivity index (χ1) is 16.2. The summed E-state index contributed by atoms with van der Waals surface area (Å²) in [5.74, 6) is 1.10. The summed E-state index contributed by atoms with van der Waals surface area (Å²) < 4.78 is 12.3. The van der Waals surface area contributed by atoms with E-state index in [-0.39, 0.29) is 22.7 Å². The molecule has 1 atom stereocenters. The summed E-state index contributed by atoms with van der Waals surface area (Å²) in [6, 6.07) is 7.43. The van der Waals surface area contributed by atoms with Crippen molar-refractivity contribution in [1.29, 1.82) is 0 Å². The summed E-state index contributed by atoms with van der Waals surface area (Å²) in [7, 11) is 0. The Morgan fingerprint density at radius 1 is 1.21 bits per heavy atom. The van der Waals surface area contributed by atoms with E-state index >= 15 is 0 Å². The molecule has 6 nitrogen and oxygen atoms in total. The van der Waals surface area contributed by atoms with Crippen molar-refractivity contribution in [2.75, 3.05) is 19.0 Å². The number of aryl methyl sites for hydroxylation is 1. The summed E-state index contributed by atoms with van der Waals surface area (Å²) in [6.07, 6.45) is 2.95. The van der Waals surface area contributed by atoms with Crippen LogP contribution >= 0.6 is 23.1 Å². The minimum Gasteiger partial charge on any atom is -0.494 e. The molecular formula is C26H32N2O4S2. The highest BCUT2D eigenvalue weighted by atomic mass is 32.2. The van der Waals surface area contributed by atoms with Crippen molar-refractivity contribution >= 4 is 39.3 Å². The number of aromatic nitrogens is 2. The first-order valence-electron chi connectivity index (χ1n) is 11.8. The van der Waals surface area contributed by atoms with Crippen molar-refractivity contribution in [3.63, 3.8) is 0 Å². The van der Waals surface area contributed by atoms with Gasteiger partial charge >= 0.3 is 5.97 Å². The molecule has 0 fully saturated rings. The molecule has 0 saturated heterocycles. The maximum Gasteiger partial charge on any atom is 0.316 e. The first kappa shape index (κ1) is 24.8. The molecule has 1 unspecified atom stereocenters. The third-order valence-electron chi connectivity index (χ3n) is 6.31. The van der Waals surface area contributed by atoms with Crippen LogP contribution in [0.4, 0.5) is 0 Å². The zero-order chi connectivity index (χ0) is 24.5. The fourth-order valence-corrected chi connectivity index (χ4v) is 6.61. The Balaban J connectivity index is 1.82. The van der Waals surface area contributed by atoms with E-state index in [1.165, 1.54) is 16.6 Å². The summed E-state index contributed by atoms with van der Waals surface area (Å²) in [4.78, 5) is 32.9. The molecule has 0 radical (unpaired) electrons. The maximum absolute atomic E-state index is 13.9. The van der Waals surface area contributed by atoms with Crippen molar-refractivity contribution in [1.82, 2.24) is 9.55 Å². The second kappa shape index (κ2) is 10.1. The number of nitrogens with zero attached hydrogens (tertiary/aromatic N) is 2. The molecule has 34 heavy (non-hydrogen) atoms. The minimum atomic E-state index is -0.321. The highest BCUT2D eigenvalue weighted by Crippen LogP contribution is 2.42. The normalized spacial score (nSPS) is 15.9. The largest absolute Gasteiger partial charge is 0.494 e. The first-order valence-corrected chi connectivity index (χ1v) is 13.6. The number of benzene rings is 1. The van der Waals surface area contributed by atoms with Crippen molar-refractivity contribution in [3.8, 4) is 11.4 Å². The lowest BCUT2D eigenvalue weighted by Crippen LogP contribution is -2.27.